The number of amides is 1. The number of benzene rings is 2. The van der Waals surface area contributed by atoms with Crippen LogP contribution in [-0.2, 0) is 6.54 Å². The van der Waals surface area contributed by atoms with Crippen molar-refractivity contribution in [2.75, 3.05) is 0 Å². The maximum atomic E-state index is 12.2. The average Bonchev–Trinajstić information content (AvgIpc) is 3.18. The zero-order chi connectivity index (χ0) is 19.9. The molecule has 1 N–H and O–H groups in total. The van der Waals surface area contributed by atoms with E-state index in [1.165, 1.54) is 0 Å². The van der Waals surface area contributed by atoms with Gasteiger partial charge in [-0.3, -0.25) is 14.5 Å². The van der Waals surface area contributed by atoms with Gasteiger partial charge in [0.05, 0.1) is 12.8 Å². The number of pyridine rings is 1. The molecule has 0 saturated carbocycles. The second kappa shape index (κ2) is 8.75. The van der Waals surface area contributed by atoms with E-state index >= 15 is 0 Å². The van der Waals surface area contributed by atoms with Crippen LogP contribution in [0.4, 0.5) is 0 Å². The summed E-state index contributed by atoms with van der Waals surface area (Å²) in [4.78, 5) is 16.4. The lowest BCUT2D eigenvalue weighted by Crippen LogP contribution is -2.17. The van der Waals surface area contributed by atoms with Crippen LogP contribution in [-0.4, -0.2) is 26.9 Å². The monoisotopic (exact) mass is 381 g/mol. The number of nitrogens with zero attached hydrogens (tertiary/aromatic N) is 4. The summed E-state index contributed by atoms with van der Waals surface area (Å²) in [7, 11) is 0. The van der Waals surface area contributed by atoms with E-state index in [2.05, 4.69) is 27.6 Å². The van der Waals surface area contributed by atoms with Gasteiger partial charge in [0.1, 0.15) is 5.69 Å². The smallest absolute Gasteiger partial charge is 0.267 e. The van der Waals surface area contributed by atoms with Crippen LogP contribution in [0, 0.1) is 0 Å². The van der Waals surface area contributed by atoms with Crippen molar-refractivity contribution in [1.82, 2.24) is 20.2 Å². The second-order valence-corrected chi connectivity index (χ2v) is 6.42. The summed E-state index contributed by atoms with van der Waals surface area (Å²) in [5.74, 6) is -0.263. The Morgan fingerprint density at radius 1 is 1.00 bits per heavy atom. The van der Waals surface area contributed by atoms with Crippen LogP contribution < -0.4 is 5.43 Å². The second-order valence-electron chi connectivity index (χ2n) is 6.42. The fourth-order valence-corrected chi connectivity index (χ4v) is 2.92. The van der Waals surface area contributed by atoms with Gasteiger partial charge < -0.3 is 0 Å². The first-order valence-electron chi connectivity index (χ1n) is 9.20. The van der Waals surface area contributed by atoms with Crippen molar-refractivity contribution in [3.63, 3.8) is 0 Å². The Bertz CT molecular complexity index is 1110. The van der Waals surface area contributed by atoms with Crippen LogP contribution in [0.15, 0.2) is 96.5 Å². The molecule has 0 aliphatic rings. The van der Waals surface area contributed by atoms with Gasteiger partial charge in [-0.2, -0.15) is 10.2 Å². The maximum absolute atomic E-state index is 12.2. The summed E-state index contributed by atoms with van der Waals surface area (Å²) in [6.07, 6.45) is 7.00. The molecule has 2 heterocycles. The first kappa shape index (κ1) is 18.3. The van der Waals surface area contributed by atoms with E-state index in [9.17, 15) is 4.79 Å². The quantitative estimate of drug-likeness (QED) is 0.408. The Kier molecular flexibility index (Phi) is 5.53. The zero-order valence-corrected chi connectivity index (χ0v) is 15.6. The number of hydrazone groups is 1. The maximum Gasteiger partial charge on any atom is 0.271 e. The van der Waals surface area contributed by atoms with Crippen molar-refractivity contribution in [1.29, 1.82) is 0 Å². The molecule has 0 saturated heterocycles. The van der Waals surface area contributed by atoms with Gasteiger partial charge in [0.2, 0.25) is 0 Å². The predicted molar refractivity (Wildman–Crippen MR) is 113 cm³/mol. The molecule has 0 bridgehead atoms. The van der Waals surface area contributed by atoms with Gasteiger partial charge in [0, 0.05) is 35.3 Å². The van der Waals surface area contributed by atoms with Gasteiger partial charge in [0.25, 0.3) is 5.91 Å². The van der Waals surface area contributed by atoms with Gasteiger partial charge >= 0.3 is 0 Å². The molecule has 0 spiro atoms. The van der Waals surface area contributed by atoms with Crippen LogP contribution in [0.5, 0.6) is 0 Å². The van der Waals surface area contributed by atoms with Gasteiger partial charge in [-0.15, -0.1) is 0 Å². The number of hydrogen-bond acceptors (Lipinski definition) is 4. The van der Waals surface area contributed by atoms with E-state index in [4.69, 9.17) is 5.10 Å². The molecule has 0 aliphatic heterocycles. The average molecular weight is 381 g/mol. The lowest BCUT2D eigenvalue weighted by molar-refractivity contribution is 0.0955. The molecule has 0 unspecified atom stereocenters. The number of aromatic nitrogens is 3. The van der Waals surface area contributed by atoms with E-state index in [0.29, 0.717) is 12.1 Å². The molecule has 2 aromatic carbocycles. The molecule has 4 rings (SSSR count). The molecule has 29 heavy (non-hydrogen) atoms. The molecule has 142 valence electrons. The Morgan fingerprint density at radius 2 is 1.76 bits per heavy atom. The number of rotatable bonds is 6. The van der Waals surface area contributed by atoms with Crippen molar-refractivity contribution in [2.24, 2.45) is 5.10 Å². The number of nitrogens with one attached hydrogen (secondary N) is 1. The minimum absolute atomic E-state index is 0.263. The van der Waals surface area contributed by atoms with Gasteiger partial charge in [-0.25, -0.2) is 5.43 Å². The highest BCUT2D eigenvalue weighted by Crippen LogP contribution is 2.20. The lowest BCUT2D eigenvalue weighted by atomic mass is 10.1. The molecule has 0 fully saturated rings. The van der Waals surface area contributed by atoms with E-state index in [1.807, 2.05) is 59.4 Å². The fourth-order valence-electron chi connectivity index (χ4n) is 2.92. The van der Waals surface area contributed by atoms with Crippen LogP contribution in [0.1, 0.15) is 21.5 Å². The molecular formula is C23H19N5O. The topological polar surface area (TPSA) is 72.2 Å². The third-order valence-electron chi connectivity index (χ3n) is 4.32. The summed E-state index contributed by atoms with van der Waals surface area (Å²) >= 11 is 0. The Hall–Kier alpha value is -4.06. The van der Waals surface area contributed by atoms with Crippen molar-refractivity contribution < 1.29 is 4.79 Å². The van der Waals surface area contributed by atoms with Crippen molar-refractivity contribution in [3.05, 3.63) is 108 Å². The lowest BCUT2D eigenvalue weighted by Gasteiger charge is -2.01. The molecule has 2 aromatic heterocycles. The summed E-state index contributed by atoms with van der Waals surface area (Å²) in [6.45, 7) is 0.637. The molecule has 4 aromatic rings. The van der Waals surface area contributed by atoms with E-state index in [1.54, 1.807) is 30.7 Å². The summed E-state index contributed by atoms with van der Waals surface area (Å²) in [5, 5.41) is 8.83. The minimum Gasteiger partial charge on any atom is -0.267 e. The molecule has 6 heteroatoms. The van der Waals surface area contributed by atoms with Crippen LogP contribution in [0.25, 0.3) is 11.3 Å². The molecule has 0 aliphatic carbocycles. The number of carbonyl (C=O) groups is 1. The fraction of sp³-hybridized carbons (Fsp3) is 0.0435. The van der Waals surface area contributed by atoms with Crippen LogP contribution in [0.2, 0.25) is 0 Å². The largest absolute Gasteiger partial charge is 0.271 e. The molecular weight excluding hydrogens is 362 g/mol. The first-order chi connectivity index (χ1) is 14.3. The summed E-state index contributed by atoms with van der Waals surface area (Å²) < 4.78 is 1.86. The van der Waals surface area contributed by atoms with Crippen molar-refractivity contribution >= 4 is 12.1 Å². The highest BCUT2D eigenvalue weighted by molar-refractivity contribution is 5.95. The third kappa shape index (κ3) is 4.62. The minimum atomic E-state index is -0.263. The van der Waals surface area contributed by atoms with E-state index in [0.717, 1.165) is 22.4 Å². The van der Waals surface area contributed by atoms with Crippen LogP contribution >= 0.6 is 0 Å². The zero-order valence-electron chi connectivity index (χ0n) is 15.6. The van der Waals surface area contributed by atoms with Crippen molar-refractivity contribution in [2.45, 2.75) is 6.54 Å². The molecule has 0 radical (unpaired) electrons. The number of hydrogen-bond donors (Lipinski definition) is 1. The van der Waals surface area contributed by atoms with Crippen LogP contribution in [0.3, 0.4) is 0 Å². The predicted octanol–water partition coefficient (Wildman–Crippen LogP) is 3.76. The number of carbonyl (C=O) groups excluding carboxylic acids is 1. The van der Waals surface area contributed by atoms with E-state index < -0.39 is 0 Å². The molecule has 6 nitrogen and oxygen atoms in total. The molecule has 0 atom stereocenters. The summed E-state index contributed by atoms with van der Waals surface area (Å²) in [5.41, 5.74) is 6.70. The summed E-state index contributed by atoms with van der Waals surface area (Å²) in [6, 6.07) is 22.9. The SMILES string of the molecule is O=C(N/N=C/c1cn(Cc2ccccc2)nc1-c1cccnc1)c1ccccc1. The Balaban J connectivity index is 1.58. The Labute approximate surface area is 168 Å². The van der Waals surface area contributed by atoms with Gasteiger partial charge in [0.15, 0.2) is 0 Å². The normalized spacial score (nSPS) is 10.9. The standard InChI is InChI=1S/C23H19N5O/c29-23(19-10-5-2-6-11-19)26-25-15-21-17-28(16-18-8-3-1-4-9-18)27-22(21)20-12-7-13-24-14-20/h1-15,17H,16H2,(H,26,29)/b25-15+. The Morgan fingerprint density at radius 3 is 2.48 bits per heavy atom. The third-order valence-corrected chi connectivity index (χ3v) is 4.32. The highest BCUT2D eigenvalue weighted by atomic mass is 16.2. The van der Waals surface area contributed by atoms with E-state index in [-0.39, 0.29) is 5.91 Å². The van der Waals surface area contributed by atoms with Gasteiger partial charge in [-0.1, -0.05) is 48.5 Å². The van der Waals surface area contributed by atoms with Gasteiger partial charge in [-0.05, 0) is 29.8 Å². The molecule has 1 amide bonds. The van der Waals surface area contributed by atoms with Crippen molar-refractivity contribution in [3.8, 4) is 11.3 Å². The first-order valence-corrected chi connectivity index (χ1v) is 9.20. The highest BCUT2D eigenvalue weighted by Gasteiger charge is 2.11.